The fourth-order valence-electron chi connectivity index (χ4n) is 4.29. The molecule has 2 heterocycles. The first-order chi connectivity index (χ1) is 10.8. The molecular formula is C19H36O4. The van der Waals surface area contributed by atoms with Gasteiger partial charge in [0.15, 0.2) is 12.1 Å². The summed E-state index contributed by atoms with van der Waals surface area (Å²) < 4.78 is 18.8. The van der Waals surface area contributed by atoms with E-state index < -0.39 is 5.79 Å². The highest BCUT2D eigenvalue weighted by molar-refractivity contribution is 4.93. The van der Waals surface area contributed by atoms with E-state index in [2.05, 4.69) is 48.5 Å². The second-order valence-corrected chi connectivity index (χ2v) is 7.83. The summed E-state index contributed by atoms with van der Waals surface area (Å²) in [7, 11) is 0. The molecule has 2 aliphatic rings. The zero-order chi connectivity index (χ0) is 17.4. The third-order valence-corrected chi connectivity index (χ3v) is 6.74. The minimum atomic E-state index is -0.933. The molecular weight excluding hydrogens is 292 g/mol. The van der Waals surface area contributed by atoms with Gasteiger partial charge in [-0.1, -0.05) is 48.5 Å². The van der Waals surface area contributed by atoms with Crippen LogP contribution in [0.15, 0.2) is 0 Å². The predicted octanol–water partition coefficient (Wildman–Crippen LogP) is 3.82. The number of ether oxygens (including phenoxy) is 3. The van der Waals surface area contributed by atoms with E-state index >= 15 is 0 Å². The molecule has 0 saturated carbocycles. The molecule has 0 aromatic carbocycles. The molecule has 9 unspecified atom stereocenters. The summed E-state index contributed by atoms with van der Waals surface area (Å²) in [6.07, 6.45) is 1.94. The molecule has 0 bridgehead atoms. The highest BCUT2D eigenvalue weighted by Gasteiger charge is 2.54. The Morgan fingerprint density at radius 2 is 1.48 bits per heavy atom. The number of hydrogen-bond acceptors (Lipinski definition) is 4. The van der Waals surface area contributed by atoms with Gasteiger partial charge in [-0.3, -0.25) is 0 Å². The van der Waals surface area contributed by atoms with Gasteiger partial charge in [0, 0.05) is 11.8 Å². The van der Waals surface area contributed by atoms with Crippen LogP contribution in [0.2, 0.25) is 0 Å². The van der Waals surface area contributed by atoms with Crippen molar-refractivity contribution in [2.45, 2.75) is 85.6 Å². The van der Waals surface area contributed by atoms with Crippen LogP contribution >= 0.6 is 0 Å². The molecule has 0 radical (unpaired) electrons. The van der Waals surface area contributed by atoms with Crippen LogP contribution in [0.5, 0.6) is 0 Å². The third kappa shape index (κ3) is 3.33. The van der Waals surface area contributed by atoms with Crippen molar-refractivity contribution in [1.82, 2.24) is 0 Å². The van der Waals surface area contributed by atoms with Gasteiger partial charge in [-0.25, -0.2) is 0 Å². The summed E-state index contributed by atoms with van der Waals surface area (Å²) in [4.78, 5) is 0. The average Bonchev–Trinajstić information content (AvgIpc) is 2.80. The van der Waals surface area contributed by atoms with Crippen LogP contribution in [0, 0.1) is 29.6 Å². The first-order valence-corrected chi connectivity index (χ1v) is 9.43. The third-order valence-electron chi connectivity index (χ3n) is 6.74. The SMILES string of the molecule is CCC1OC(OC2(CO)OC(CC)C(C)C2C)C(C)C(C)C1C. The molecule has 0 amide bonds. The molecule has 4 nitrogen and oxygen atoms in total. The molecule has 0 spiro atoms. The van der Waals surface area contributed by atoms with Crippen LogP contribution in [-0.2, 0) is 14.2 Å². The molecule has 2 saturated heterocycles. The summed E-state index contributed by atoms with van der Waals surface area (Å²) in [6, 6.07) is 0. The number of aliphatic hydroxyl groups excluding tert-OH is 1. The molecule has 23 heavy (non-hydrogen) atoms. The van der Waals surface area contributed by atoms with E-state index in [0.717, 1.165) is 12.8 Å². The summed E-state index contributed by atoms with van der Waals surface area (Å²) in [5.74, 6) is 0.891. The van der Waals surface area contributed by atoms with Gasteiger partial charge >= 0.3 is 0 Å². The van der Waals surface area contributed by atoms with Crippen molar-refractivity contribution in [3.8, 4) is 0 Å². The van der Waals surface area contributed by atoms with Crippen LogP contribution in [0.1, 0.15) is 61.3 Å². The molecule has 0 aliphatic carbocycles. The lowest BCUT2D eigenvalue weighted by Gasteiger charge is -2.46. The van der Waals surface area contributed by atoms with Crippen LogP contribution in [0.25, 0.3) is 0 Å². The summed E-state index contributed by atoms with van der Waals surface area (Å²) in [5.41, 5.74) is 0. The highest BCUT2D eigenvalue weighted by Crippen LogP contribution is 2.46. The minimum absolute atomic E-state index is 0.123. The Morgan fingerprint density at radius 1 is 0.870 bits per heavy atom. The Kier molecular flexibility index (Phi) is 6.15. The molecule has 9 atom stereocenters. The van der Waals surface area contributed by atoms with Crippen LogP contribution < -0.4 is 0 Å². The number of hydrogen-bond donors (Lipinski definition) is 1. The van der Waals surface area contributed by atoms with Gasteiger partial charge in [0.25, 0.3) is 0 Å². The zero-order valence-corrected chi connectivity index (χ0v) is 15.9. The minimum Gasteiger partial charge on any atom is -0.391 e. The van der Waals surface area contributed by atoms with E-state index in [9.17, 15) is 5.11 Å². The maximum absolute atomic E-state index is 10.1. The van der Waals surface area contributed by atoms with E-state index in [1.807, 2.05) is 0 Å². The van der Waals surface area contributed by atoms with Gasteiger partial charge in [0.1, 0.15) is 0 Å². The molecule has 4 heteroatoms. The van der Waals surface area contributed by atoms with Crippen molar-refractivity contribution in [3.05, 3.63) is 0 Å². The Labute approximate surface area is 141 Å². The van der Waals surface area contributed by atoms with E-state index in [1.54, 1.807) is 0 Å². The van der Waals surface area contributed by atoms with Gasteiger partial charge in [-0.05, 0) is 30.6 Å². The second kappa shape index (κ2) is 7.38. The van der Waals surface area contributed by atoms with Gasteiger partial charge < -0.3 is 19.3 Å². The molecule has 0 aromatic heterocycles. The quantitative estimate of drug-likeness (QED) is 0.833. The zero-order valence-electron chi connectivity index (χ0n) is 15.9. The van der Waals surface area contributed by atoms with Crippen molar-refractivity contribution >= 4 is 0 Å². The summed E-state index contributed by atoms with van der Waals surface area (Å²) in [5, 5.41) is 10.1. The Morgan fingerprint density at radius 3 is 1.96 bits per heavy atom. The Hall–Kier alpha value is -0.160. The summed E-state index contributed by atoms with van der Waals surface area (Å²) >= 11 is 0. The highest BCUT2D eigenvalue weighted by atomic mass is 16.8. The van der Waals surface area contributed by atoms with Gasteiger partial charge in [0.2, 0.25) is 0 Å². The fraction of sp³-hybridized carbons (Fsp3) is 1.00. The summed E-state index contributed by atoms with van der Waals surface area (Å²) in [6.45, 7) is 15.2. The van der Waals surface area contributed by atoms with Crippen LogP contribution in [0.3, 0.4) is 0 Å². The topological polar surface area (TPSA) is 47.9 Å². The first kappa shape index (κ1) is 19.2. The van der Waals surface area contributed by atoms with Gasteiger partial charge in [-0.15, -0.1) is 0 Å². The second-order valence-electron chi connectivity index (χ2n) is 7.83. The standard InChI is InChI=1S/C19H36O4/c1-8-16-12(4)11(3)13(5)18(21-16)23-19(10-20)15(7)14(6)17(9-2)22-19/h11-18,20H,8-10H2,1-7H3. The first-order valence-electron chi connectivity index (χ1n) is 9.43. The maximum Gasteiger partial charge on any atom is 0.197 e. The monoisotopic (exact) mass is 328 g/mol. The van der Waals surface area contributed by atoms with Gasteiger partial charge in [-0.2, -0.15) is 0 Å². The Balaban J connectivity index is 2.18. The fourth-order valence-corrected chi connectivity index (χ4v) is 4.29. The van der Waals surface area contributed by atoms with Crippen LogP contribution in [0.4, 0.5) is 0 Å². The number of aliphatic hydroxyl groups is 1. The van der Waals surface area contributed by atoms with Crippen molar-refractivity contribution in [2.24, 2.45) is 29.6 Å². The molecule has 1 N–H and O–H groups in total. The predicted molar refractivity (Wildman–Crippen MR) is 90.8 cm³/mol. The molecule has 2 rings (SSSR count). The molecule has 136 valence electrons. The maximum atomic E-state index is 10.1. The van der Waals surface area contributed by atoms with E-state index in [0.29, 0.717) is 17.8 Å². The normalized spacial score (nSPS) is 51.1. The smallest absolute Gasteiger partial charge is 0.197 e. The molecule has 0 aromatic rings. The molecule has 2 fully saturated rings. The van der Waals surface area contributed by atoms with Crippen molar-refractivity contribution in [3.63, 3.8) is 0 Å². The van der Waals surface area contributed by atoms with E-state index in [-0.39, 0.29) is 36.9 Å². The lowest BCUT2D eigenvalue weighted by Crippen LogP contribution is -2.52. The lowest BCUT2D eigenvalue weighted by molar-refractivity contribution is -0.360. The average molecular weight is 328 g/mol. The largest absolute Gasteiger partial charge is 0.391 e. The van der Waals surface area contributed by atoms with Gasteiger partial charge in [0.05, 0.1) is 18.8 Å². The van der Waals surface area contributed by atoms with Crippen LogP contribution in [-0.4, -0.2) is 36.0 Å². The van der Waals surface area contributed by atoms with Crippen molar-refractivity contribution in [1.29, 1.82) is 0 Å². The van der Waals surface area contributed by atoms with E-state index in [1.165, 1.54) is 0 Å². The molecule has 2 aliphatic heterocycles. The lowest BCUT2D eigenvalue weighted by atomic mass is 9.78. The van der Waals surface area contributed by atoms with Crippen molar-refractivity contribution < 1.29 is 19.3 Å². The van der Waals surface area contributed by atoms with E-state index in [4.69, 9.17) is 14.2 Å². The Bertz CT molecular complexity index is 386. The number of rotatable bonds is 5. The van der Waals surface area contributed by atoms with Crippen molar-refractivity contribution in [2.75, 3.05) is 6.61 Å².